The lowest BCUT2D eigenvalue weighted by atomic mass is 9.71. The van der Waals surface area contributed by atoms with Crippen LogP contribution in [0.15, 0.2) is 101 Å². The number of ether oxygens (including phenoxy) is 3. The van der Waals surface area contributed by atoms with Gasteiger partial charge in [0.25, 0.3) is 5.56 Å². The number of aliphatic hydroxyl groups is 5. The molecule has 2 aliphatic rings. The molecule has 314 valence electrons. The largest absolute Gasteiger partial charge is 0.507 e. The molecule has 0 spiro atoms. The second-order valence-electron chi connectivity index (χ2n) is 15.0. The van der Waals surface area contributed by atoms with Gasteiger partial charge in [-0.1, -0.05) is 101 Å². The Balaban J connectivity index is 1.60. The summed E-state index contributed by atoms with van der Waals surface area (Å²) >= 11 is 0. The molecule has 3 rings (SSSR count). The summed E-state index contributed by atoms with van der Waals surface area (Å²) in [5.41, 5.74) is -1.02. The van der Waals surface area contributed by atoms with Gasteiger partial charge in [0.05, 0.1) is 30.3 Å². The van der Waals surface area contributed by atoms with Gasteiger partial charge in [-0.25, -0.2) is 0 Å². The number of pyridine rings is 1. The van der Waals surface area contributed by atoms with Crippen LogP contribution in [0.1, 0.15) is 65.2 Å². The number of rotatable bonds is 17. The third-order valence-electron chi connectivity index (χ3n) is 10.7. The maximum atomic E-state index is 13.3. The summed E-state index contributed by atoms with van der Waals surface area (Å²) in [6, 6.07) is 1.22. The van der Waals surface area contributed by atoms with Crippen molar-refractivity contribution in [2.45, 2.75) is 110 Å². The zero-order valence-electron chi connectivity index (χ0n) is 33.9. The lowest BCUT2D eigenvalue weighted by Gasteiger charge is -2.53. The maximum Gasteiger partial charge on any atom is 0.262 e. The molecule has 0 aliphatic carbocycles. The van der Waals surface area contributed by atoms with E-state index < -0.39 is 94.9 Å². The van der Waals surface area contributed by atoms with E-state index in [-0.39, 0.29) is 24.1 Å². The molecule has 0 radical (unpaired) electrons. The van der Waals surface area contributed by atoms with Gasteiger partial charge in [-0.15, -0.1) is 0 Å². The standard InChI is InChI=1S/C43H60N2O12/c1-9-11-13-21-31-42(6,7)38(50)39(51)43(54,57-31)28(10-2)40(52)44-23-17-16-19-26(4)36(55-8)27(5)37-35(49)34(48)30(56-37)20-15-12-14-18-25(3)33(47)32-29(46)22-24-45-41(32)53/h9,11-22,24,27-28,30-31,34-39,48-51,54H,10,23H2,1-8H3,(H,44,52)(H2,45,46,53)/b11-9-,14-12+,17-16-,20-15-,21-13+,25-18-,26-19+. The molecule has 57 heavy (non-hydrogen) atoms. The number of methoxy groups -OCH3 is 1. The van der Waals surface area contributed by atoms with Crippen LogP contribution < -0.4 is 10.9 Å². The molecule has 2 saturated heterocycles. The van der Waals surface area contributed by atoms with E-state index in [0.29, 0.717) is 0 Å². The first-order valence-corrected chi connectivity index (χ1v) is 19.1. The highest BCUT2D eigenvalue weighted by Gasteiger charge is 2.60. The second-order valence-corrected chi connectivity index (χ2v) is 15.0. The molecule has 1 amide bonds. The SMILES string of the molecule is C/C=C\C=C\C1OC(O)(C(CC)C(=O)NC/C=C\C=C(/C)C(OC)C(C)C2OC(\C=C/C=C/C=C(/C)C(=O)c3c(O)cc[nH]c3=O)C(O)C2O)C(O)C(O)C1(C)C. The first-order chi connectivity index (χ1) is 26.9. The van der Waals surface area contributed by atoms with Crippen molar-refractivity contribution < 1.29 is 54.4 Å². The number of allylic oxidation sites excluding steroid dienone is 10. The Morgan fingerprint density at radius 2 is 1.68 bits per heavy atom. The van der Waals surface area contributed by atoms with Gasteiger partial charge in [-0.05, 0) is 44.4 Å². The number of H-pyrrole nitrogens is 1. The van der Waals surface area contributed by atoms with Crippen LogP contribution in [0.25, 0.3) is 0 Å². The average molecular weight is 797 g/mol. The van der Waals surface area contributed by atoms with Crippen molar-refractivity contribution in [1.29, 1.82) is 0 Å². The minimum atomic E-state index is -2.34. The van der Waals surface area contributed by atoms with Crippen LogP contribution >= 0.6 is 0 Å². The van der Waals surface area contributed by atoms with Crippen molar-refractivity contribution in [3.63, 3.8) is 0 Å². The van der Waals surface area contributed by atoms with Crippen LogP contribution in [0.3, 0.4) is 0 Å². The Bertz CT molecular complexity index is 1810. The van der Waals surface area contributed by atoms with E-state index in [9.17, 15) is 45.0 Å². The number of aromatic hydroxyl groups is 1. The first-order valence-electron chi connectivity index (χ1n) is 19.1. The first kappa shape index (κ1) is 47.1. The summed E-state index contributed by atoms with van der Waals surface area (Å²) in [5, 5.41) is 67.8. The zero-order valence-corrected chi connectivity index (χ0v) is 33.9. The molecule has 3 heterocycles. The fraction of sp³-hybridized carbons (Fsp3) is 0.512. The molecule has 0 bridgehead atoms. The summed E-state index contributed by atoms with van der Waals surface area (Å²) < 4.78 is 17.8. The summed E-state index contributed by atoms with van der Waals surface area (Å²) in [7, 11) is 1.52. The molecule has 1 aromatic rings. The Labute approximate surface area is 334 Å². The number of amides is 1. The van der Waals surface area contributed by atoms with Gasteiger partial charge in [0.1, 0.15) is 35.7 Å². The smallest absolute Gasteiger partial charge is 0.262 e. The molecule has 0 saturated carbocycles. The maximum absolute atomic E-state index is 13.3. The molecule has 14 heteroatoms. The van der Waals surface area contributed by atoms with Gasteiger partial charge in [0.2, 0.25) is 11.7 Å². The number of aromatic amines is 1. The Kier molecular flexibility index (Phi) is 17.3. The number of hydrogen-bond donors (Lipinski definition) is 8. The van der Waals surface area contributed by atoms with Crippen molar-refractivity contribution in [2.75, 3.05) is 13.7 Å². The molecule has 1 aromatic heterocycles. The fourth-order valence-electron chi connectivity index (χ4n) is 7.12. The third-order valence-corrected chi connectivity index (χ3v) is 10.7. The van der Waals surface area contributed by atoms with Crippen LogP contribution in [0, 0.1) is 17.3 Å². The predicted octanol–water partition coefficient (Wildman–Crippen LogP) is 3.07. The van der Waals surface area contributed by atoms with E-state index >= 15 is 0 Å². The zero-order chi connectivity index (χ0) is 42.7. The molecule has 2 fully saturated rings. The average Bonchev–Trinajstić information content (AvgIpc) is 3.45. The topological polar surface area (TPSA) is 228 Å². The minimum Gasteiger partial charge on any atom is -0.507 e. The van der Waals surface area contributed by atoms with E-state index in [1.165, 1.54) is 32.4 Å². The van der Waals surface area contributed by atoms with Crippen LogP contribution in [0.5, 0.6) is 5.75 Å². The highest BCUT2D eigenvalue weighted by atomic mass is 16.7. The van der Waals surface area contributed by atoms with Crippen LogP contribution in [-0.2, 0) is 19.0 Å². The lowest BCUT2D eigenvalue weighted by molar-refractivity contribution is -0.359. The van der Waals surface area contributed by atoms with Crippen LogP contribution in [0.4, 0.5) is 0 Å². The van der Waals surface area contributed by atoms with Crippen LogP contribution in [-0.4, -0.2) is 116 Å². The van der Waals surface area contributed by atoms with E-state index in [2.05, 4.69) is 10.3 Å². The number of hydrogen-bond acceptors (Lipinski definition) is 12. The quantitative estimate of drug-likeness (QED) is 0.0647. The molecule has 14 nitrogen and oxygen atoms in total. The Morgan fingerprint density at radius 3 is 2.32 bits per heavy atom. The summed E-state index contributed by atoms with van der Waals surface area (Å²) in [5.74, 6) is -5.55. The molecular formula is C43H60N2O12. The second kappa shape index (κ2) is 21.0. The van der Waals surface area contributed by atoms with Crippen LogP contribution in [0.2, 0.25) is 0 Å². The number of carbonyl (C=O) groups excluding carboxylic acids is 2. The number of aromatic nitrogens is 1. The Morgan fingerprint density at radius 1 is 1.00 bits per heavy atom. The van der Waals surface area contributed by atoms with Crippen molar-refractivity contribution in [3.05, 3.63) is 112 Å². The molecule has 2 aliphatic heterocycles. The minimum absolute atomic E-state index is 0.0817. The van der Waals surface area contributed by atoms with Crippen molar-refractivity contribution in [1.82, 2.24) is 10.3 Å². The third kappa shape index (κ3) is 11.0. The van der Waals surface area contributed by atoms with Gasteiger partial charge in [-0.3, -0.25) is 14.4 Å². The number of nitrogens with one attached hydrogen (secondary N) is 2. The number of aliphatic hydroxyl groups excluding tert-OH is 4. The summed E-state index contributed by atoms with van der Waals surface area (Å²) in [4.78, 5) is 40.2. The van der Waals surface area contributed by atoms with Crippen molar-refractivity contribution >= 4 is 11.7 Å². The number of Topliss-reactive ketones (excluding diaryl/α,β-unsaturated/α-hetero) is 1. The number of carbonyl (C=O) groups is 2. The predicted molar refractivity (Wildman–Crippen MR) is 215 cm³/mol. The molecule has 11 unspecified atom stereocenters. The van der Waals surface area contributed by atoms with E-state index in [4.69, 9.17) is 14.2 Å². The normalized spacial score (nSPS) is 30.2. The molecule has 8 N–H and O–H groups in total. The van der Waals surface area contributed by atoms with Gasteiger partial charge in [0, 0.05) is 31.2 Å². The van der Waals surface area contributed by atoms with Crippen molar-refractivity contribution in [2.24, 2.45) is 17.3 Å². The molecular weight excluding hydrogens is 736 g/mol. The summed E-state index contributed by atoms with van der Waals surface area (Å²) in [6.45, 7) is 12.2. The van der Waals surface area contributed by atoms with Gasteiger partial charge >= 0.3 is 0 Å². The highest BCUT2D eigenvalue weighted by molar-refractivity contribution is 6.09. The monoisotopic (exact) mass is 796 g/mol. The fourth-order valence-corrected chi connectivity index (χ4v) is 7.12. The Hall–Kier alpha value is -4.25. The van der Waals surface area contributed by atoms with Gasteiger partial charge < -0.3 is 55.2 Å². The van der Waals surface area contributed by atoms with Crippen molar-refractivity contribution in [3.8, 4) is 5.75 Å². The summed E-state index contributed by atoms with van der Waals surface area (Å²) in [6.07, 6.45) is 12.8. The van der Waals surface area contributed by atoms with E-state index in [1.807, 2.05) is 26.8 Å². The van der Waals surface area contributed by atoms with E-state index in [0.717, 1.165) is 5.57 Å². The van der Waals surface area contributed by atoms with Gasteiger partial charge in [0.15, 0.2) is 5.78 Å². The molecule has 11 atom stereocenters. The van der Waals surface area contributed by atoms with E-state index in [1.54, 1.807) is 81.5 Å². The highest BCUT2D eigenvalue weighted by Crippen LogP contribution is 2.44. The van der Waals surface area contributed by atoms with Gasteiger partial charge in [-0.2, -0.15) is 0 Å². The number of ketones is 1. The lowest BCUT2D eigenvalue weighted by Crippen LogP contribution is -2.69. The molecule has 0 aromatic carbocycles.